The maximum atomic E-state index is 7.00. The maximum Gasteiger partial charge on any atom is 0.482 e. The fraction of sp³-hybridized carbons (Fsp3) is 0. The van der Waals surface area contributed by atoms with Crippen molar-refractivity contribution in [2.45, 2.75) is 0 Å². The Labute approximate surface area is 38.5 Å². The van der Waals surface area contributed by atoms with E-state index in [0.717, 1.165) is 0 Å². The second-order valence-corrected chi connectivity index (χ2v) is 0.115. The first kappa shape index (κ1) is 8.82. The molecule has 0 unspecified atom stereocenters. The Balaban J connectivity index is 0. The molecular weight excluding hydrogens is 141 g/mol. The van der Waals surface area contributed by atoms with Gasteiger partial charge in [0, 0.05) is 20.1 Å². The van der Waals surface area contributed by atoms with Gasteiger partial charge in [0.25, 0.3) is 0 Å². The van der Waals surface area contributed by atoms with E-state index in [0.29, 0.717) is 0 Å². The Morgan fingerprint density at radius 2 is 1.25 bits per heavy atom. The number of hydrogen-bond donors (Lipinski definition) is 2. The second kappa shape index (κ2) is 9.44. The van der Waals surface area contributed by atoms with Crippen LogP contribution in [-0.4, -0.2) is 17.7 Å². The summed E-state index contributed by atoms with van der Waals surface area (Å²) in [6, 6.07) is 0. The van der Waals surface area contributed by atoms with Gasteiger partial charge in [-0.1, -0.05) is 0 Å². The molecule has 0 aromatic heterocycles. The van der Waals surface area contributed by atoms with Crippen LogP contribution in [-0.2, 0) is 20.1 Å². The summed E-state index contributed by atoms with van der Waals surface area (Å²) in [6.45, 7) is 0. The van der Waals surface area contributed by atoms with Gasteiger partial charge < -0.3 is 10.0 Å². The normalized spacial score (nSPS) is 3.50. The van der Waals surface area contributed by atoms with Crippen LogP contribution in [0.4, 0.5) is 0 Å². The maximum absolute atomic E-state index is 7.00. The smallest absolute Gasteiger partial charge is 0.429 e. The average Bonchev–Trinajstić information content (AvgIpc) is 0.918. The fourth-order valence-electron chi connectivity index (χ4n) is 0. The molecule has 0 aliphatic rings. The largest absolute Gasteiger partial charge is 0.482 e. The topological polar surface area (TPSA) is 40.5 Å². The van der Waals surface area contributed by atoms with E-state index in [4.69, 9.17) is 10.0 Å². The van der Waals surface area contributed by atoms with E-state index in [9.17, 15) is 0 Å². The first-order valence-corrected chi connectivity index (χ1v) is 0.516. The molecule has 0 aliphatic carbocycles. The molecule has 0 saturated heterocycles. The van der Waals surface area contributed by atoms with E-state index < -0.39 is 0 Å². The Morgan fingerprint density at radius 1 is 1.25 bits per heavy atom. The van der Waals surface area contributed by atoms with Gasteiger partial charge in [0.15, 0.2) is 0 Å². The Bertz CT molecular complexity index is 6.00. The van der Waals surface area contributed by atoms with Crippen LogP contribution in [0.15, 0.2) is 0 Å². The molecule has 0 aliphatic heterocycles. The molecule has 0 aromatic rings. The summed E-state index contributed by atoms with van der Waals surface area (Å²) in [5.41, 5.74) is 0. The fourth-order valence-corrected chi connectivity index (χ4v) is 0. The Morgan fingerprint density at radius 3 is 1.25 bits per heavy atom. The molecule has 0 spiro atoms. The monoisotopic (exact) mass is 142 g/mol. The molecule has 0 saturated carbocycles. The van der Waals surface area contributed by atoms with Crippen molar-refractivity contribution < 1.29 is 30.2 Å². The molecule has 2 nitrogen and oxygen atoms in total. The summed E-state index contributed by atoms with van der Waals surface area (Å²) in [7, 11) is 0. The SMILES string of the molecule is O[B]O.[Tc]. The molecule has 4 heteroatoms. The van der Waals surface area contributed by atoms with Gasteiger partial charge >= 0.3 is 7.69 Å². The summed E-state index contributed by atoms with van der Waals surface area (Å²) in [5.74, 6) is 0. The zero-order chi connectivity index (χ0) is 2.71. The zero-order valence-electron chi connectivity index (χ0n) is 1.85. The number of rotatable bonds is 0. The molecule has 4 heavy (non-hydrogen) atoms. The van der Waals surface area contributed by atoms with E-state index in [1.54, 1.807) is 0 Å². The molecule has 0 rings (SSSR count). The Hall–Kier alpha value is 0.634. The van der Waals surface area contributed by atoms with Gasteiger partial charge in [-0.25, -0.2) is 0 Å². The van der Waals surface area contributed by atoms with Crippen molar-refractivity contribution in [2.24, 2.45) is 0 Å². The van der Waals surface area contributed by atoms with Crippen LogP contribution in [0.3, 0.4) is 0 Å². The van der Waals surface area contributed by atoms with Gasteiger partial charge in [-0.3, -0.25) is 0 Å². The van der Waals surface area contributed by atoms with Gasteiger partial charge in [-0.2, -0.15) is 0 Å². The van der Waals surface area contributed by atoms with Crippen molar-refractivity contribution in [3.8, 4) is 0 Å². The van der Waals surface area contributed by atoms with E-state index in [1.165, 1.54) is 0 Å². The minimum absolute atomic E-state index is 0. The third-order valence-electron chi connectivity index (χ3n) is 0. The molecule has 0 bridgehead atoms. The molecule has 0 heterocycles. The molecule has 0 amide bonds. The van der Waals surface area contributed by atoms with Crippen LogP contribution in [0.1, 0.15) is 0 Å². The van der Waals surface area contributed by atoms with Crippen LogP contribution in [0.2, 0.25) is 0 Å². The van der Waals surface area contributed by atoms with E-state index >= 15 is 0 Å². The third-order valence-corrected chi connectivity index (χ3v) is 0. The van der Waals surface area contributed by atoms with Crippen molar-refractivity contribution >= 4 is 7.69 Å². The summed E-state index contributed by atoms with van der Waals surface area (Å²) < 4.78 is 0. The van der Waals surface area contributed by atoms with Gasteiger partial charge in [0.2, 0.25) is 0 Å². The van der Waals surface area contributed by atoms with Gasteiger partial charge in [-0.15, -0.1) is 0 Å². The summed E-state index contributed by atoms with van der Waals surface area (Å²) in [5, 5.41) is 14.0. The molecule has 0 fully saturated rings. The van der Waals surface area contributed by atoms with Crippen LogP contribution >= 0.6 is 0 Å². The predicted molar refractivity (Wildman–Crippen MR) is 10.2 cm³/mol. The third kappa shape index (κ3) is 17.5. The van der Waals surface area contributed by atoms with Crippen molar-refractivity contribution in [2.75, 3.05) is 0 Å². The van der Waals surface area contributed by atoms with Gasteiger partial charge in [0.05, 0.1) is 0 Å². The van der Waals surface area contributed by atoms with E-state index in [-0.39, 0.29) is 27.8 Å². The molecule has 2 radical (unpaired) electrons. The van der Waals surface area contributed by atoms with Crippen LogP contribution in [0, 0.1) is 0 Å². The van der Waals surface area contributed by atoms with Crippen LogP contribution in [0.25, 0.3) is 0 Å². The molecule has 2 N–H and O–H groups in total. The molecule has 0 atom stereocenters. The minimum Gasteiger partial charge on any atom is -0.429 e. The average molecular weight is 143 g/mol. The summed E-state index contributed by atoms with van der Waals surface area (Å²) >= 11 is 0. The standard InChI is InChI=1S/BH2O2.Tc/c2-1-3;/h2-3H;. The molecule has 24 valence electrons. The van der Waals surface area contributed by atoms with Crippen molar-refractivity contribution in [3.05, 3.63) is 0 Å². The van der Waals surface area contributed by atoms with E-state index in [2.05, 4.69) is 0 Å². The van der Waals surface area contributed by atoms with Gasteiger partial charge in [-0.05, 0) is 0 Å². The van der Waals surface area contributed by atoms with Crippen LogP contribution < -0.4 is 0 Å². The quantitative estimate of drug-likeness (QED) is 0.405. The van der Waals surface area contributed by atoms with Crippen molar-refractivity contribution in [1.29, 1.82) is 0 Å². The molecule has 0 aromatic carbocycles. The first-order chi connectivity index (χ1) is 1.41. The van der Waals surface area contributed by atoms with Crippen molar-refractivity contribution in [1.82, 2.24) is 0 Å². The van der Waals surface area contributed by atoms with Crippen molar-refractivity contribution in [3.63, 3.8) is 0 Å². The summed E-state index contributed by atoms with van der Waals surface area (Å²) in [6.07, 6.45) is 0. The van der Waals surface area contributed by atoms with Gasteiger partial charge in [0.1, 0.15) is 0 Å². The van der Waals surface area contributed by atoms with E-state index in [1.807, 2.05) is 0 Å². The minimum atomic E-state index is 0. The second-order valence-electron chi connectivity index (χ2n) is 0.115. The Kier molecular flexibility index (Phi) is 20.8. The predicted octanol–water partition coefficient (Wildman–Crippen LogP) is -1.50. The van der Waals surface area contributed by atoms with Crippen LogP contribution in [0.5, 0.6) is 0 Å². The zero-order valence-corrected chi connectivity index (χ0v) is 3.71. The first-order valence-electron chi connectivity index (χ1n) is 0.516. The number of hydrogen-bond acceptors (Lipinski definition) is 2. The summed E-state index contributed by atoms with van der Waals surface area (Å²) in [4.78, 5) is 0. The molecular formula is H2BO2Tc.